The van der Waals surface area contributed by atoms with Crippen LogP contribution in [0.15, 0.2) is 67.0 Å². The second-order valence-electron chi connectivity index (χ2n) is 6.95. The summed E-state index contributed by atoms with van der Waals surface area (Å²) in [5.41, 5.74) is 1.93. The average Bonchev–Trinajstić information content (AvgIpc) is 3.31. The summed E-state index contributed by atoms with van der Waals surface area (Å²) in [6.45, 7) is 1.63. The molecule has 1 aliphatic rings. The minimum atomic E-state index is -1.12. The Labute approximate surface area is 166 Å². The summed E-state index contributed by atoms with van der Waals surface area (Å²) < 4.78 is 1.75. The standard InChI is InChI=1S/C21H19N5O3/c1-21(19(28)24-20(29)25-21)15-5-7-16(8-6-15)23-18(27)13-14-3-9-17(10-4-14)26-12-2-11-22-26/h2-12H,13H2,1H3,(H,23,27)(H2,24,25,28,29)/t21-/m1/s1. The Morgan fingerprint density at radius 2 is 1.83 bits per heavy atom. The molecule has 3 N–H and O–H groups in total. The number of anilines is 1. The van der Waals surface area contributed by atoms with Gasteiger partial charge in [0, 0.05) is 18.1 Å². The van der Waals surface area contributed by atoms with Gasteiger partial charge in [0.15, 0.2) is 0 Å². The molecule has 0 saturated carbocycles. The minimum Gasteiger partial charge on any atom is -0.326 e. The molecule has 146 valence electrons. The maximum atomic E-state index is 12.3. The van der Waals surface area contributed by atoms with E-state index in [9.17, 15) is 14.4 Å². The fourth-order valence-corrected chi connectivity index (χ4v) is 3.21. The minimum absolute atomic E-state index is 0.150. The number of nitrogens with one attached hydrogen (secondary N) is 3. The van der Waals surface area contributed by atoms with Crippen molar-refractivity contribution in [3.63, 3.8) is 0 Å². The molecule has 0 aliphatic carbocycles. The number of carbonyl (C=O) groups is 3. The van der Waals surface area contributed by atoms with E-state index in [1.165, 1.54) is 0 Å². The van der Waals surface area contributed by atoms with E-state index in [-0.39, 0.29) is 12.3 Å². The zero-order chi connectivity index (χ0) is 20.4. The molecule has 1 saturated heterocycles. The van der Waals surface area contributed by atoms with Crippen LogP contribution in [0.4, 0.5) is 10.5 Å². The van der Waals surface area contributed by atoms with Crippen LogP contribution in [0.2, 0.25) is 0 Å². The number of benzene rings is 2. The molecule has 2 heterocycles. The summed E-state index contributed by atoms with van der Waals surface area (Å²) in [5, 5.41) is 11.8. The van der Waals surface area contributed by atoms with Gasteiger partial charge in [-0.05, 0) is 48.4 Å². The van der Waals surface area contributed by atoms with E-state index >= 15 is 0 Å². The highest BCUT2D eigenvalue weighted by atomic mass is 16.2. The lowest BCUT2D eigenvalue weighted by Crippen LogP contribution is -2.40. The van der Waals surface area contributed by atoms with Crippen LogP contribution in [0.3, 0.4) is 0 Å². The smallest absolute Gasteiger partial charge is 0.322 e. The van der Waals surface area contributed by atoms with Gasteiger partial charge >= 0.3 is 6.03 Å². The third-order valence-electron chi connectivity index (χ3n) is 4.86. The molecule has 0 unspecified atom stereocenters. The van der Waals surface area contributed by atoms with Crippen LogP contribution >= 0.6 is 0 Å². The van der Waals surface area contributed by atoms with Gasteiger partial charge < -0.3 is 10.6 Å². The number of carbonyl (C=O) groups excluding carboxylic acids is 3. The first-order valence-corrected chi connectivity index (χ1v) is 9.07. The maximum Gasteiger partial charge on any atom is 0.322 e. The first kappa shape index (κ1) is 18.4. The zero-order valence-corrected chi connectivity index (χ0v) is 15.7. The van der Waals surface area contributed by atoms with Crippen molar-refractivity contribution in [1.82, 2.24) is 20.4 Å². The topological polar surface area (TPSA) is 105 Å². The van der Waals surface area contributed by atoms with E-state index in [0.717, 1.165) is 11.3 Å². The lowest BCUT2D eigenvalue weighted by Gasteiger charge is -2.21. The monoisotopic (exact) mass is 389 g/mol. The molecule has 1 aromatic heterocycles. The van der Waals surface area contributed by atoms with Gasteiger partial charge in [0.2, 0.25) is 5.91 Å². The Balaban J connectivity index is 1.39. The molecule has 8 heteroatoms. The van der Waals surface area contributed by atoms with Gasteiger partial charge in [-0.1, -0.05) is 24.3 Å². The van der Waals surface area contributed by atoms with Crippen LogP contribution in [0.25, 0.3) is 5.69 Å². The number of aromatic nitrogens is 2. The van der Waals surface area contributed by atoms with E-state index < -0.39 is 17.5 Å². The summed E-state index contributed by atoms with van der Waals surface area (Å²) in [6, 6.07) is 15.8. The van der Waals surface area contributed by atoms with Crippen molar-refractivity contribution in [2.45, 2.75) is 18.9 Å². The predicted molar refractivity (Wildman–Crippen MR) is 106 cm³/mol. The summed E-state index contributed by atoms with van der Waals surface area (Å²) in [6.07, 6.45) is 3.80. The first-order valence-electron chi connectivity index (χ1n) is 9.07. The highest BCUT2D eigenvalue weighted by Gasteiger charge is 2.43. The van der Waals surface area contributed by atoms with Crippen LogP contribution in [0.5, 0.6) is 0 Å². The first-order chi connectivity index (χ1) is 13.9. The van der Waals surface area contributed by atoms with Gasteiger partial charge in [-0.2, -0.15) is 5.10 Å². The molecule has 1 fully saturated rings. The van der Waals surface area contributed by atoms with E-state index in [4.69, 9.17) is 0 Å². The second kappa shape index (κ2) is 7.23. The molecule has 0 radical (unpaired) electrons. The van der Waals surface area contributed by atoms with Crippen LogP contribution in [-0.4, -0.2) is 27.6 Å². The molecule has 0 bridgehead atoms. The maximum absolute atomic E-state index is 12.3. The van der Waals surface area contributed by atoms with Crippen molar-refractivity contribution < 1.29 is 14.4 Å². The van der Waals surface area contributed by atoms with E-state index in [0.29, 0.717) is 11.3 Å². The zero-order valence-electron chi connectivity index (χ0n) is 15.7. The quantitative estimate of drug-likeness (QED) is 0.581. The molecule has 2 aromatic carbocycles. The molecule has 1 aliphatic heterocycles. The second-order valence-corrected chi connectivity index (χ2v) is 6.95. The Morgan fingerprint density at radius 3 is 2.41 bits per heavy atom. The van der Waals surface area contributed by atoms with Crippen LogP contribution < -0.4 is 16.0 Å². The van der Waals surface area contributed by atoms with Crippen LogP contribution in [-0.2, 0) is 21.5 Å². The highest BCUT2D eigenvalue weighted by Crippen LogP contribution is 2.25. The van der Waals surface area contributed by atoms with Crippen molar-refractivity contribution in [2.24, 2.45) is 0 Å². The summed E-state index contributed by atoms with van der Waals surface area (Å²) in [4.78, 5) is 35.8. The molecule has 1 atom stereocenters. The highest BCUT2D eigenvalue weighted by molar-refractivity contribution is 6.07. The van der Waals surface area contributed by atoms with Crippen molar-refractivity contribution in [2.75, 3.05) is 5.32 Å². The fraction of sp³-hybridized carbons (Fsp3) is 0.143. The number of rotatable bonds is 5. The molecule has 0 spiro atoms. The van der Waals surface area contributed by atoms with Gasteiger partial charge in [0.05, 0.1) is 12.1 Å². The van der Waals surface area contributed by atoms with E-state index in [1.54, 1.807) is 42.1 Å². The molecule has 3 aromatic rings. The molecule has 4 amide bonds. The average molecular weight is 389 g/mol. The van der Waals surface area contributed by atoms with Gasteiger partial charge in [-0.3, -0.25) is 14.9 Å². The van der Waals surface area contributed by atoms with Crippen LogP contribution in [0.1, 0.15) is 18.1 Å². The summed E-state index contributed by atoms with van der Waals surface area (Å²) >= 11 is 0. The fourth-order valence-electron chi connectivity index (χ4n) is 3.21. The van der Waals surface area contributed by atoms with Crippen molar-refractivity contribution >= 4 is 23.5 Å². The van der Waals surface area contributed by atoms with Crippen molar-refractivity contribution in [3.8, 4) is 5.69 Å². The predicted octanol–water partition coefficient (Wildman–Crippen LogP) is 2.11. The van der Waals surface area contributed by atoms with Gasteiger partial charge in [-0.15, -0.1) is 0 Å². The van der Waals surface area contributed by atoms with E-state index in [1.807, 2.05) is 36.5 Å². The van der Waals surface area contributed by atoms with Gasteiger partial charge in [0.25, 0.3) is 5.91 Å². The van der Waals surface area contributed by atoms with Crippen molar-refractivity contribution in [3.05, 3.63) is 78.1 Å². The Hall–Kier alpha value is -3.94. The Kier molecular flexibility index (Phi) is 4.59. The SMILES string of the molecule is C[C@]1(c2ccc(NC(=O)Cc3ccc(-n4cccn4)cc3)cc2)NC(=O)NC1=O. The number of nitrogens with zero attached hydrogens (tertiary/aromatic N) is 2. The van der Waals surface area contributed by atoms with Gasteiger partial charge in [0.1, 0.15) is 5.54 Å². The van der Waals surface area contributed by atoms with E-state index in [2.05, 4.69) is 21.0 Å². The third kappa shape index (κ3) is 3.73. The molecule has 8 nitrogen and oxygen atoms in total. The van der Waals surface area contributed by atoms with Crippen LogP contribution in [0, 0.1) is 0 Å². The van der Waals surface area contributed by atoms with Crippen molar-refractivity contribution in [1.29, 1.82) is 0 Å². The van der Waals surface area contributed by atoms with Gasteiger partial charge in [-0.25, -0.2) is 9.48 Å². The third-order valence-corrected chi connectivity index (χ3v) is 4.86. The number of amides is 4. The molecular weight excluding hydrogens is 370 g/mol. The molecule has 29 heavy (non-hydrogen) atoms. The Bertz CT molecular complexity index is 1060. The molecule has 4 rings (SSSR count). The lowest BCUT2D eigenvalue weighted by molar-refractivity contribution is -0.123. The number of hydrogen-bond donors (Lipinski definition) is 3. The summed E-state index contributed by atoms with van der Waals surface area (Å²) in [7, 11) is 0. The molecular formula is C21H19N5O3. The number of hydrogen-bond acceptors (Lipinski definition) is 4. The number of urea groups is 1. The Morgan fingerprint density at radius 1 is 1.10 bits per heavy atom. The normalized spacial score (nSPS) is 18.2. The number of imide groups is 1. The largest absolute Gasteiger partial charge is 0.326 e. The lowest BCUT2D eigenvalue weighted by atomic mass is 9.92. The summed E-state index contributed by atoms with van der Waals surface area (Å²) in [5.74, 6) is -0.555.